The standard InChI is InChI=1S/C17H16BrN3OS/c18-13-7-5-12(6-8-13)14-3-1-9-21(14)11-16-19-17(20-22-16)15-4-2-10-23-15/h2,4-8,10,14H,1,3,9,11H2. The van der Waals surface area contributed by atoms with Crippen LogP contribution in [0.4, 0.5) is 0 Å². The Labute approximate surface area is 147 Å². The molecule has 3 heterocycles. The molecule has 23 heavy (non-hydrogen) atoms. The molecule has 6 heteroatoms. The molecule has 0 amide bonds. The molecule has 4 nitrogen and oxygen atoms in total. The molecule has 0 radical (unpaired) electrons. The minimum Gasteiger partial charge on any atom is -0.338 e. The van der Waals surface area contributed by atoms with Crippen molar-refractivity contribution in [1.82, 2.24) is 15.0 Å². The van der Waals surface area contributed by atoms with Gasteiger partial charge in [0.25, 0.3) is 0 Å². The number of rotatable bonds is 4. The lowest BCUT2D eigenvalue weighted by Gasteiger charge is -2.23. The van der Waals surface area contributed by atoms with Crippen molar-refractivity contribution in [2.75, 3.05) is 6.54 Å². The molecule has 0 spiro atoms. The molecule has 118 valence electrons. The maximum absolute atomic E-state index is 5.45. The van der Waals surface area contributed by atoms with Crippen LogP contribution in [0.3, 0.4) is 0 Å². The Balaban J connectivity index is 1.50. The summed E-state index contributed by atoms with van der Waals surface area (Å²) in [7, 11) is 0. The SMILES string of the molecule is Brc1ccc(C2CCCN2Cc2nc(-c3cccs3)no2)cc1. The normalized spacial score (nSPS) is 18.6. The smallest absolute Gasteiger partial charge is 0.241 e. The third-order valence-corrected chi connectivity index (χ3v) is 5.56. The topological polar surface area (TPSA) is 42.2 Å². The molecular formula is C17H16BrN3OS. The van der Waals surface area contributed by atoms with E-state index < -0.39 is 0 Å². The Kier molecular flexibility index (Phi) is 4.29. The van der Waals surface area contributed by atoms with Gasteiger partial charge in [-0.05, 0) is 48.5 Å². The Bertz CT molecular complexity index is 770. The van der Waals surface area contributed by atoms with E-state index in [0.717, 1.165) is 15.9 Å². The van der Waals surface area contributed by atoms with E-state index in [9.17, 15) is 0 Å². The first-order chi connectivity index (χ1) is 11.3. The third kappa shape index (κ3) is 3.24. The van der Waals surface area contributed by atoms with Crippen LogP contribution in [0.25, 0.3) is 10.7 Å². The molecule has 1 unspecified atom stereocenters. The predicted molar refractivity (Wildman–Crippen MR) is 94.1 cm³/mol. The number of thiophene rings is 1. The molecular weight excluding hydrogens is 374 g/mol. The summed E-state index contributed by atoms with van der Waals surface area (Å²) >= 11 is 5.13. The molecule has 0 aliphatic carbocycles. The summed E-state index contributed by atoms with van der Waals surface area (Å²) in [5.41, 5.74) is 1.35. The van der Waals surface area contributed by atoms with E-state index in [1.54, 1.807) is 11.3 Å². The van der Waals surface area contributed by atoms with E-state index >= 15 is 0 Å². The second-order valence-electron chi connectivity index (χ2n) is 5.67. The number of halogens is 1. The van der Waals surface area contributed by atoms with Crippen LogP contribution in [0.2, 0.25) is 0 Å². The van der Waals surface area contributed by atoms with Crippen molar-refractivity contribution in [3.63, 3.8) is 0 Å². The summed E-state index contributed by atoms with van der Waals surface area (Å²) in [5, 5.41) is 6.12. The molecule has 1 aromatic carbocycles. The van der Waals surface area contributed by atoms with Gasteiger partial charge >= 0.3 is 0 Å². The van der Waals surface area contributed by atoms with Gasteiger partial charge in [0.1, 0.15) is 0 Å². The fraction of sp³-hybridized carbons (Fsp3) is 0.294. The number of aromatic nitrogens is 2. The fourth-order valence-electron chi connectivity index (χ4n) is 3.08. The van der Waals surface area contributed by atoms with Crippen molar-refractivity contribution < 1.29 is 4.52 Å². The van der Waals surface area contributed by atoms with Crippen LogP contribution in [0.1, 0.15) is 30.3 Å². The first-order valence-electron chi connectivity index (χ1n) is 7.65. The number of nitrogens with zero attached hydrogens (tertiary/aromatic N) is 3. The molecule has 0 N–H and O–H groups in total. The van der Waals surface area contributed by atoms with Gasteiger partial charge in [-0.3, -0.25) is 4.90 Å². The summed E-state index contributed by atoms with van der Waals surface area (Å²) in [5.74, 6) is 1.38. The zero-order valence-corrected chi connectivity index (χ0v) is 14.9. The third-order valence-electron chi connectivity index (χ3n) is 4.17. The average molecular weight is 390 g/mol. The lowest BCUT2D eigenvalue weighted by molar-refractivity contribution is 0.212. The van der Waals surface area contributed by atoms with Gasteiger partial charge in [0.2, 0.25) is 11.7 Å². The molecule has 1 aliphatic heterocycles. The van der Waals surface area contributed by atoms with E-state index in [1.807, 2.05) is 17.5 Å². The van der Waals surface area contributed by atoms with E-state index in [2.05, 4.69) is 55.2 Å². The number of benzene rings is 1. The summed E-state index contributed by atoms with van der Waals surface area (Å²) in [6, 6.07) is 13.0. The summed E-state index contributed by atoms with van der Waals surface area (Å²) in [4.78, 5) is 8.01. The van der Waals surface area contributed by atoms with E-state index in [4.69, 9.17) is 4.52 Å². The Hall–Kier alpha value is -1.50. The second kappa shape index (κ2) is 6.55. The molecule has 4 rings (SSSR count). The Morgan fingerprint density at radius 3 is 2.91 bits per heavy atom. The van der Waals surface area contributed by atoms with Gasteiger partial charge in [-0.1, -0.05) is 39.3 Å². The zero-order valence-electron chi connectivity index (χ0n) is 12.5. The van der Waals surface area contributed by atoms with Gasteiger partial charge < -0.3 is 4.52 Å². The van der Waals surface area contributed by atoms with Gasteiger partial charge in [-0.2, -0.15) is 4.98 Å². The molecule has 1 atom stereocenters. The van der Waals surface area contributed by atoms with Gasteiger partial charge in [-0.25, -0.2) is 0 Å². The highest BCUT2D eigenvalue weighted by atomic mass is 79.9. The van der Waals surface area contributed by atoms with Crippen LogP contribution in [0, 0.1) is 0 Å². The van der Waals surface area contributed by atoms with Crippen LogP contribution in [-0.2, 0) is 6.54 Å². The highest BCUT2D eigenvalue weighted by Gasteiger charge is 2.27. The lowest BCUT2D eigenvalue weighted by Crippen LogP contribution is -2.22. The van der Waals surface area contributed by atoms with Crippen molar-refractivity contribution in [3.8, 4) is 10.7 Å². The first kappa shape index (κ1) is 15.1. The Morgan fingerprint density at radius 1 is 1.26 bits per heavy atom. The zero-order chi connectivity index (χ0) is 15.6. The van der Waals surface area contributed by atoms with E-state index in [1.165, 1.54) is 18.4 Å². The van der Waals surface area contributed by atoms with Crippen LogP contribution in [0.15, 0.2) is 50.8 Å². The maximum Gasteiger partial charge on any atom is 0.241 e. The average Bonchev–Trinajstić information content (AvgIpc) is 3.29. The van der Waals surface area contributed by atoms with Crippen LogP contribution in [0.5, 0.6) is 0 Å². The quantitative estimate of drug-likeness (QED) is 0.636. The second-order valence-corrected chi connectivity index (χ2v) is 7.53. The van der Waals surface area contributed by atoms with Crippen molar-refractivity contribution in [2.24, 2.45) is 0 Å². The van der Waals surface area contributed by atoms with Gasteiger partial charge in [-0.15, -0.1) is 11.3 Å². The van der Waals surface area contributed by atoms with Crippen LogP contribution in [-0.4, -0.2) is 21.6 Å². The van der Waals surface area contributed by atoms with E-state index in [0.29, 0.717) is 24.3 Å². The molecule has 1 aliphatic rings. The largest absolute Gasteiger partial charge is 0.338 e. The highest BCUT2D eigenvalue weighted by Crippen LogP contribution is 2.33. The first-order valence-corrected chi connectivity index (χ1v) is 9.33. The predicted octanol–water partition coefficient (Wildman–Crippen LogP) is 4.90. The van der Waals surface area contributed by atoms with Crippen molar-refractivity contribution >= 4 is 27.3 Å². The van der Waals surface area contributed by atoms with Crippen molar-refractivity contribution in [2.45, 2.75) is 25.4 Å². The fourth-order valence-corrected chi connectivity index (χ4v) is 3.99. The van der Waals surface area contributed by atoms with E-state index in [-0.39, 0.29) is 0 Å². The maximum atomic E-state index is 5.45. The van der Waals surface area contributed by atoms with Crippen LogP contribution < -0.4 is 0 Å². The van der Waals surface area contributed by atoms with Gasteiger partial charge in [0, 0.05) is 10.5 Å². The van der Waals surface area contributed by atoms with Crippen molar-refractivity contribution in [1.29, 1.82) is 0 Å². The monoisotopic (exact) mass is 389 g/mol. The molecule has 1 fully saturated rings. The molecule has 2 aromatic heterocycles. The molecule has 0 bridgehead atoms. The van der Waals surface area contributed by atoms with Crippen LogP contribution >= 0.6 is 27.3 Å². The number of hydrogen-bond acceptors (Lipinski definition) is 5. The summed E-state index contributed by atoms with van der Waals surface area (Å²) in [6.07, 6.45) is 2.38. The Morgan fingerprint density at radius 2 is 2.13 bits per heavy atom. The van der Waals surface area contributed by atoms with Gasteiger partial charge in [0.15, 0.2) is 0 Å². The van der Waals surface area contributed by atoms with Gasteiger partial charge in [0.05, 0.1) is 11.4 Å². The highest BCUT2D eigenvalue weighted by molar-refractivity contribution is 9.10. The molecule has 1 saturated heterocycles. The summed E-state index contributed by atoms with van der Waals surface area (Å²) < 4.78 is 6.56. The summed E-state index contributed by atoms with van der Waals surface area (Å²) in [6.45, 7) is 1.77. The molecule has 0 saturated carbocycles. The lowest BCUT2D eigenvalue weighted by atomic mass is 10.0. The van der Waals surface area contributed by atoms with Crippen molar-refractivity contribution in [3.05, 3.63) is 57.7 Å². The minimum absolute atomic E-state index is 0.431. The number of hydrogen-bond donors (Lipinski definition) is 0. The molecule has 3 aromatic rings. The number of likely N-dealkylation sites (tertiary alicyclic amines) is 1. The minimum atomic E-state index is 0.431.